The Bertz CT molecular complexity index is 921. The number of carboxylic acids is 1. The zero-order valence-electron chi connectivity index (χ0n) is 14.3. The molecule has 0 aliphatic heterocycles. The van der Waals surface area contributed by atoms with Gasteiger partial charge < -0.3 is 36.4 Å². The fraction of sp³-hybridized carbons (Fsp3) is 0.200. The molecule has 2 amide bonds. The second-order valence-electron chi connectivity index (χ2n) is 5.68. The first-order valence-corrected chi connectivity index (χ1v) is 8.02. The lowest BCUT2D eigenvalue weighted by atomic mass is 10.1. The van der Waals surface area contributed by atoms with Gasteiger partial charge in [-0.05, 0) is 0 Å². The molecule has 3 aromatic rings. The van der Waals surface area contributed by atoms with Crippen molar-refractivity contribution in [2.75, 3.05) is 0 Å². The number of hydrogen-bond donors (Lipinski definition) is 7. The first-order valence-electron chi connectivity index (χ1n) is 8.02. The minimum atomic E-state index is -1.42. The molecular formula is C15H17N9O4. The third-order valence-electron chi connectivity index (χ3n) is 3.83. The molecular weight excluding hydrogens is 370 g/mol. The number of carboxylic acid groups (broad SMARTS) is 1. The zero-order chi connectivity index (χ0) is 20.1. The largest absolute Gasteiger partial charge is 0.479 e. The average Bonchev–Trinajstić information content (AvgIpc) is 3.44. The van der Waals surface area contributed by atoms with Crippen molar-refractivity contribution in [3.05, 3.63) is 54.7 Å². The number of aromatic nitrogens is 6. The number of carbonyl (C=O) groups is 3. The minimum absolute atomic E-state index is 0.0983. The summed E-state index contributed by atoms with van der Waals surface area (Å²) in [6, 6.07) is -3.84. The van der Waals surface area contributed by atoms with E-state index in [9.17, 15) is 19.5 Å². The Labute approximate surface area is 157 Å². The van der Waals surface area contributed by atoms with Gasteiger partial charge in [0.1, 0.15) is 6.04 Å². The molecule has 0 aromatic carbocycles. The number of H-pyrrole nitrogens is 3. The molecule has 3 rings (SSSR count). The first-order chi connectivity index (χ1) is 13.5. The number of carbonyl (C=O) groups excluding carboxylic acids is 2. The molecule has 3 aromatic heterocycles. The molecule has 146 valence electrons. The minimum Gasteiger partial charge on any atom is -0.479 e. The van der Waals surface area contributed by atoms with Gasteiger partial charge in [0, 0.05) is 18.6 Å². The highest BCUT2D eigenvalue weighted by Crippen LogP contribution is 2.16. The highest BCUT2D eigenvalue weighted by Gasteiger charge is 2.32. The number of nitrogens with one attached hydrogen (secondary N) is 5. The lowest BCUT2D eigenvalue weighted by Gasteiger charge is -2.20. The van der Waals surface area contributed by atoms with Crippen molar-refractivity contribution in [2.45, 2.75) is 18.1 Å². The Hall–Kier alpha value is -4.00. The van der Waals surface area contributed by atoms with Crippen molar-refractivity contribution >= 4 is 17.8 Å². The van der Waals surface area contributed by atoms with Crippen LogP contribution in [0.3, 0.4) is 0 Å². The predicted octanol–water partition coefficient (Wildman–Crippen LogP) is -1.34. The second-order valence-corrected chi connectivity index (χ2v) is 5.68. The van der Waals surface area contributed by atoms with E-state index >= 15 is 0 Å². The van der Waals surface area contributed by atoms with E-state index in [0.29, 0.717) is 0 Å². The van der Waals surface area contributed by atoms with E-state index in [-0.39, 0.29) is 17.1 Å². The van der Waals surface area contributed by atoms with Crippen LogP contribution in [-0.2, 0) is 14.4 Å². The average molecular weight is 387 g/mol. The molecule has 13 heteroatoms. The molecule has 0 fully saturated rings. The summed E-state index contributed by atoms with van der Waals surface area (Å²) >= 11 is 0. The standard InChI is InChI=1S/C15H17N9O4/c16-10(7-1-17-4-20-7)13(25)23-11(8-2-18-5-21-8)14(26)24-12(15(27)28)9-3-19-6-22-9/h1-6,10-12H,16H2,(H,17,20)(H,18,21)(H,19,22)(H,23,25)(H,24,26)(H,27,28). The lowest BCUT2D eigenvalue weighted by molar-refractivity contribution is -0.142. The van der Waals surface area contributed by atoms with Crippen LogP contribution in [0.15, 0.2) is 37.6 Å². The molecule has 13 nitrogen and oxygen atoms in total. The Morgan fingerprint density at radius 3 is 1.75 bits per heavy atom. The monoisotopic (exact) mass is 387 g/mol. The van der Waals surface area contributed by atoms with Crippen molar-refractivity contribution < 1.29 is 19.5 Å². The third kappa shape index (κ3) is 4.04. The van der Waals surface area contributed by atoms with Gasteiger partial charge in [-0.2, -0.15) is 0 Å². The zero-order valence-corrected chi connectivity index (χ0v) is 14.3. The summed E-state index contributed by atoms with van der Waals surface area (Å²) in [7, 11) is 0. The Morgan fingerprint density at radius 2 is 1.29 bits per heavy atom. The van der Waals surface area contributed by atoms with Crippen LogP contribution in [-0.4, -0.2) is 52.8 Å². The van der Waals surface area contributed by atoms with Gasteiger partial charge in [0.05, 0.1) is 36.1 Å². The maximum Gasteiger partial charge on any atom is 0.332 e. The highest BCUT2D eigenvalue weighted by atomic mass is 16.4. The van der Waals surface area contributed by atoms with Crippen LogP contribution in [0, 0.1) is 0 Å². The third-order valence-corrected chi connectivity index (χ3v) is 3.83. The number of nitrogens with zero attached hydrogens (tertiary/aromatic N) is 3. The number of aliphatic carboxylic acids is 1. The van der Waals surface area contributed by atoms with Crippen molar-refractivity contribution in [3.8, 4) is 0 Å². The number of amides is 2. The topological polar surface area (TPSA) is 208 Å². The summed E-state index contributed by atoms with van der Waals surface area (Å²) in [4.78, 5) is 56.4. The molecule has 0 aliphatic rings. The van der Waals surface area contributed by atoms with Gasteiger partial charge in [-0.3, -0.25) is 9.59 Å². The van der Waals surface area contributed by atoms with E-state index in [1.54, 1.807) is 0 Å². The molecule has 8 N–H and O–H groups in total. The van der Waals surface area contributed by atoms with Gasteiger partial charge in [0.25, 0.3) is 0 Å². The van der Waals surface area contributed by atoms with Crippen molar-refractivity contribution in [3.63, 3.8) is 0 Å². The Morgan fingerprint density at radius 1 is 0.821 bits per heavy atom. The van der Waals surface area contributed by atoms with Crippen molar-refractivity contribution in [1.82, 2.24) is 40.5 Å². The van der Waals surface area contributed by atoms with E-state index in [0.717, 1.165) is 0 Å². The molecule has 0 saturated heterocycles. The van der Waals surface area contributed by atoms with Crippen molar-refractivity contribution in [2.24, 2.45) is 5.73 Å². The van der Waals surface area contributed by atoms with Crippen LogP contribution in [0.5, 0.6) is 0 Å². The van der Waals surface area contributed by atoms with Gasteiger partial charge >= 0.3 is 5.97 Å². The molecule has 0 bridgehead atoms. The number of rotatable bonds is 8. The van der Waals surface area contributed by atoms with Crippen molar-refractivity contribution in [1.29, 1.82) is 0 Å². The SMILES string of the molecule is NC(C(=O)NC(C(=O)NC(C(=O)O)c1c[nH]cn1)c1c[nH]cn1)c1c[nH]cn1. The maximum absolute atomic E-state index is 12.8. The van der Waals surface area contributed by atoms with E-state index in [2.05, 4.69) is 40.5 Å². The van der Waals surface area contributed by atoms with Crippen LogP contribution < -0.4 is 16.4 Å². The predicted molar refractivity (Wildman–Crippen MR) is 92.1 cm³/mol. The maximum atomic E-state index is 12.8. The normalized spacial score (nSPS) is 14.0. The Kier molecular flexibility index (Phi) is 5.45. The number of aromatic amines is 3. The molecule has 28 heavy (non-hydrogen) atoms. The molecule has 3 unspecified atom stereocenters. The molecule has 0 radical (unpaired) electrons. The number of imidazole rings is 3. The number of hydrogen-bond acceptors (Lipinski definition) is 7. The van der Waals surface area contributed by atoms with Crippen LogP contribution >= 0.6 is 0 Å². The van der Waals surface area contributed by atoms with Crippen LogP contribution in [0.2, 0.25) is 0 Å². The van der Waals surface area contributed by atoms with Gasteiger partial charge in [-0.25, -0.2) is 19.7 Å². The van der Waals surface area contributed by atoms with Crippen LogP contribution in [0.25, 0.3) is 0 Å². The molecule has 0 saturated carbocycles. The first kappa shape index (κ1) is 18.8. The molecule has 3 atom stereocenters. The summed E-state index contributed by atoms with van der Waals surface area (Å²) in [6.07, 6.45) is 8.16. The molecule has 0 aliphatic carbocycles. The quantitative estimate of drug-likeness (QED) is 0.245. The molecule has 0 spiro atoms. The highest BCUT2D eigenvalue weighted by molar-refractivity contribution is 5.92. The summed E-state index contributed by atoms with van der Waals surface area (Å²) < 4.78 is 0. The lowest BCUT2D eigenvalue weighted by Crippen LogP contribution is -2.46. The van der Waals surface area contributed by atoms with E-state index in [4.69, 9.17) is 5.73 Å². The number of nitrogens with two attached hydrogens (primary N) is 1. The van der Waals surface area contributed by atoms with Crippen LogP contribution in [0.1, 0.15) is 35.2 Å². The van der Waals surface area contributed by atoms with Gasteiger partial charge in [-0.15, -0.1) is 0 Å². The van der Waals surface area contributed by atoms with Gasteiger partial charge in [0.2, 0.25) is 11.8 Å². The van der Waals surface area contributed by atoms with Gasteiger partial charge in [-0.1, -0.05) is 0 Å². The fourth-order valence-corrected chi connectivity index (χ4v) is 2.43. The summed E-state index contributed by atoms with van der Waals surface area (Å²) in [5.74, 6) is -2.81. The summed E-state index contributed by atoms with van der Waals surface area (Å²) in [6.45, 7) is 0. The Balaban J connectivity index is 1.79. The summed E-state index contributed by atoms with van der Waals surface area (Å²) in [5.41, 5.74) is 6.40. The van der Waals surface area contributed by atoms with Gasteiger partial charge in [0.15, 0.2) is 12.1 Å². The van der Waals surface area contributed by atoms with E-state index in [1.165, 1.54) is 37.6 Å². The fourth-order valence-electron chi connectivity index (χ4n) is 2.43. The van der Waals surface area contributed by atoms with E-state index in [1.807, 2.05) is 0 Å². The summed E-state index contributed by atoms with van der Waals surface area (Å²) in [5, 5.41) is 14.2. The smallest absolute Gasteiger partial charge is 0.332 e. The van der Waals surface area contributed by atoms with Crippen LogP contribution in [0.4, 0.5) is 0 Å². The molecule has 3 heterocycles. The second kappa shape index (κ2) is 8.13. The van der Waals surface area contributed by atoms with E-state index < -0.39 is 35.9 Å².